The van der Waals surface area contributed by atoms with Crippen LogP contribution in [-0.2, 0) is 16.0 Å². The normalized spacial score (nSPS) is 15.7. The number of carbonyl (C=O) groups is 2. The van der Waals surface area contributed by atoms with Crippen LogP contribution in [-0.4, -0.2) is 28.2 Å². The van der Waals surface area contributed by atoms with Crippen LogP contribution >= 0.6 is 22.9 Å². The van der Waals surface area contributed by atoms with Gasteiger partial charge in [0.2, 0.25) is 11.8 Å². The third-order valence-electron chi connectivity index (χ3n) is 3.15. The lowest BCUT2D eigenvalue weighted by Crippen LogP contribution is -2.30. The Kier molecular flexibility index (Phi) is 3.24. The van der Waals surface area contributed by atoms with Crippen molar-refractivity contribution in [2.45, 2.75) is 19.3 Å². The summed E-state index contributed by atoms with van der Waals surface area (Å²) in [5.74, 6) is -0.135. The molecule has 2 amide bonds. The molecular weight excluding hydrogens is 284 g/mol. The van der Waals surface area contributed by atoms with Gasteiger partial charge in [-0.2, -0.15) is 0 Å². The molecule has 0 aromatic carbocycles. The zero-order chi connectivity index (χ0) is 13.4. The fraction of sp³-hybridized carbons (Fsp3) is 0.308. The van der Waals surface area contributed by atoms with Gasteiger partial charge >= 0.3 is 0 Å². The first-order chi connectivity index (χ1) is 9.15. The molecule has 0 bridgehead atoms. The zero-order valence-corrected chi connectivity index (χ0v) is 11.6. The average molecular weight is 295 g/mol. The van der Waals surface area contributed by atoms with Crippen molar-refractivity contribution in [2.24, 2.45) is 0 Å². The smallest absolute Gasteiger partial charge is 0.229 e. The Hall–Kier alpha value is -1.46. The molecule has 1 fully saturated rings. The number of hydrogen-bond donors (Lipinski definition) is 0. The second kappa shape index (κ2) is 4.90. The number of halogens is 1. The summed E-state index contributed by atoms with van der Waals surface area (Å²) in [5, 5.41) is 0.689. The highest BCUT2D eigenvalue weighted by Gasteiger charge is 2.28. The summed E-state index contributed by atoms with van der Waals surface area (Å²) in [5.41, 5.74) is 0.867. The van der Waals surface area contributed by atoms with Gasteiger partial charge < -0.3 is 0 Å². The molecule has 0 N–H and O–H groups in total. The monoisotopic (exact) mass is 294 g/mol. The number of nitrogens with zero attached hydrogens (tertiary/aromatic N) is 2. The molecule has 1 saturated heterocycles. The summed E-state index contributed by atoms with van der Waals surface area (Å²) in [4.78, 5) is 29.7. The minimum atomic E-state index is -0.0673. The average Bonchev–Trinajstić information content (AvgIpc) is 2.93. The molecule has 4 nitrogen and oxygen atoms in total. The minimum absolute atomic E-state index is 0.0673. The van der Waals surface area contributed by atoms with Gasteiger partial charge in [0.25, 0.3) is 0 Å². The van der Waals surface area contributed by atoms with Crippen molar-refractivity contribution in [3.05, 3.63) is 28.2 Å². The number of fused-ring (bicyclic) bond motifs is 1. The summed E-state index contributed by atoms with van der Waals surface area (Å²) in [6.07, 6.45) is 3.03. The molecule has 3 rings (SSSR count). The Morgan fingerprint density at radius 1 is 1.32 bits per heavy atom. The van der Waals surface area contributed by atoms with Gasteiger partial charge in [-0.3, -0.25) is 19.5 Å². The van der Waals surface area contributed by atoms with Gasteiger partial charge in [0.1, 0.15) is 0 Å². The van der Waals surface area contributed by atoms with E-state index < -0.39 is 0 Å². The Morgan fingerprint density at radius 3 is 2.74 bits per heavy atom. The number of likely N-dealkylation sites (tertiary alicyclic amines) is 1. The van der Waals surface area contributed by atoms with E-state index in [1.807, 2.05) is 6.07 Å². The SMILES string of the molecule is O=C1CCC(=O)N1CCc1cc2nccc(Cl)c2s1. The second-order valence-electron chi connectivity index (χ2n) is 4.41. The first kappa shape index (κ1) is 12.6. The maximum Gasteiger partial charge on any atom is 0.229 e. The summed E-state index contributed by atoms with van der Waals surface area (Å²) in [6, 6.07) is 3.73. The maximum absolute atomic E-state index is 11.5. The number of aromatic nitrogens is 1. The molecule has 6 heteroatoms. The number of rotatable bonds is 3. The van der Waals surface area contributed by atoms with E-state index in [0.29, 0.717) is 30.8 Å². The van der Waals surface area contributed by atoms with Gasteiger partial charge in [0, 0.05) is 36.9 Å². The molecular formula is C13H11ClN2O2S. The van der Waals surface area contributed by atoms with Crippen LogP contribution in [0.5, 0.6) is 0 Å². The van der Waals surface area contributed by atoms with Gasteiger partial charge in [-0.05, 0) is 12.1 Å². The molecule has 0 unspecified atom stereocenters. The summed E-state index contributed by atoms with van der Waals surface area (Å²) in [7, 11) is 0. The van der Waals surface area contributed by atoms with Gasteiger partial charge in [-0.15, -0.1) is 11.3 Å². The van der Waals surface area contributed by atoms with Crippen LogP contribution in [0.3, 0.4) is 0 Å². The Morgan fingerprint density at radius 2 is 2.05 bits per heavy atom. The molecule has 2 aromatic rings. The molecule has 19 heavy (non-hydrogen) atoms. The van der Waals surface area contributed by atoms with E-state index >= 15 is 0 Å². The van der Waals surface area contributed by atoms with E-state index in [-0.39, 0.29) is 11.8 Å². The largest absolute Gasteiger partial charge is 0.282 e. The van der Waals surface area contributed by atoms with Crippen LogP contribution in [0.25, 0.3) is 10.2 Å². The molecule has 1 aliphatic heterocycles. The Labute approximate surface area is 119 Å². The molecule has 2 aromatic heterocycles. The van der Waals surface area contributed by atoms with Crippen LogP contribution in [0.4, 0.5) is 0 Å². The highest BCUT2D eigenvalue weighted by molar-refractivity contribution is 7.19. The standard InChI is InChI=1S/C13H11ClN2O2S/c14-9-3-5-15-10-7-8(19-13(9)10)4-6-16-11(17)1-2-12(16)18/h3,5,7H,1-2,4,6H2. The lowest BCUT2D eigenvalue weighted by molar-refractivity contribution is -0.138. The summed E-state index contributed by atoms with van der Waals surface area (Å²) < 4.78 is 0.957. The molecule has 3 heterocycles. The maximum atomic E-state index is 11.5. The second-order valence-corrected chi connectivity index (χ2v) is 5.95. The predicted octanol–water partition coefficient (Wildman–Crippen LogP) is 2.64. The molecule has 1 aliphatic rings. The number of carbonyl (C=O) groups excluding carboxylic acids is 2. The first-order valence-electron chi connectivity index (χ1n) is 6.01. The number of hydrogen-bond acceptors (Lipinski definition) is 4. The summed E-state index contributed by atoms with van der Waals surface area (Å²) in [6.45, 7) is 0.447. The van der Waals surface area contributed by atoms with Crippen molar-refractivity contribution in [1.29, 1.82) is 0 Å². The van der Waals surface area contributed by atoms with Crippen LogP contribution in [0.1, 0.15) is 17.7 Å². The third-order valence-corrected chi connectivity index (χ3v) is 4.80. The first-order valence-corrected chi connectivity index (χ1v) is 7.21. The highest BCUT2D eigenvalue weighted by Crippen LogP contribution is 2.30. The van der Waals surface area contributed by atoms with E-state index in [4.69, 9.17) is 11.6 Å². The van der Waals surface area contributed by atoms with Crippen molar-refractivity contribution >= 4 is 45.0 Å². The van der Waals surface area contributed by atoms with Crippen molar-refractivity contribution in [1.82, 2.24) is 9.88 Å². The molecule has 0 aliphatic carbocycles. The van der Waals surface area contributed by atoms with Gasteiger partial charge in [0.15, 0.2) is 0 Å². The van der Waals surface area contributed by atoms with E-state index in [1.54, 1.807) is 23.6 Å². The van der Waals surface area contributed by atoms with Crippen molar-refractivity contribution in [3.63, 3.8) is 0 Å². The number of imide groups is 1. The number of thiophene rings is 1. The summed E-state index contributed by atoms with van der Waals surface area (Å²) >= 11 is 7.66. The molecule has 0 atom stereocenters. The van der Waals surface area contributed by atoms with Crippen molar-refractivity contribution in [2.75, 3.05) is 6.54 Å². The van der Waals surface area contributed by atoms with E-state index in [2.05, 4.69) is 4.98 Å². The molecule has 0 radical (unpaired) electrons. The topological polar surface area (TPSA) is 50.3 Å². The van der Waals surface area contributed by atoms with Gasteiger partial charge in [-0.25, -0.2) is 0 Å². The third kappa shape index (κ3) is 2.35. The Bertz CT molecular complexity index is 652. The lowest BCUT2D eigenvalue weighted by Gasteiger charge is -2.12. The van der Waals surface area contributed by atoms with Gasteiger partial charge in [0.05, 0.1) is 15.2 Å². The van der Waals surface area contributed by atoms with E-state index in [0.717, 1.165) is 15.1 Å². The van der Waals surface area contributed by atoms with Gasteiger partial charge in [-0.1, -0.05) is 11.6 Å². The number of pyridine rings is 1. The minimum Gasteiger partial charge on any atom is -0.282 e. The van der Waals surface area contributed by atoms with Crippen LogP contribution < -0.4 is 0 Å². The quantitative estimate of drug-likeness (QED) is 0.818. The highest BCUT2D eigenvalue weighted by atomic mass is 35.5. The fourth-order valence-electron chi connectivity index (χ4n) is 2.17. The van der Waals surface area contributed by atoms with E-state index in [1.165, 1.54) is 4.90 Å². The predicted molar refractivity (Wildman–Crippen MR) is 74.3 cm³/mol. The zero-order valence-electron chi connectivity index (χ0n) is 10.1. The van der Waals surface area contributed by atoms with Crippen LogP contribution in [0, 0.1) is 0 Å². The molecule has 0 saturated carbocycles. The molecule has 98 valence electrons. The van der Waals surface area contributed by atoms with Crippen LogP contribution in [0.2, 0.25) is 5.02 Å². The van der Waals surface area contributed by atoms with Crippen molar-refractivity contribution in [3.8, 4) is 0 Å². The number of amides is 2. The Balaban J connectivity index is 1.77. The van der Waals surface area contributed by atoms with Crippen LogP contribution in [0.15, 0.2) is 18.3 Å². The van der Waals surface area contributed by atoms with E-state index in [9.17, 15) is 9.59 Å². The lowest BCUT2D eigenvalue weighted by atomic mass is 10.3. The van der Waals surface area contributed by atoms with Crippen molar-refractivity contribution < 1.29 is 9.59 Å². The fourth-order valence-corrected chi connectivity index (χ4v) is 3.45. The molecule has 0 spiro atoms.